The molecule has 1 unspecified atom stereocenters. The van der Waals surface area contributed by atoms with Crippen LogP contribution < -0.4 is 15.8 Å². The summed E-state index contributed by atoms with van der Waals surface area (Å²) in [7, 11) is -3.77. The average molecular weight is 334 g/mol. The van der Waals surface area contributed by atoms with Crippen molar-refractivity contribution in [2.45, 2.75) is 36.6 Å². The van der Waals surface area contributed by atoms with E-state index in [0.29, 0.717) is 12.1 Å². The van der Waals surface area contributed by atoms with Gasteiger partial charge in [-0.2, -0.15) is 0 Å². The second-order valence-corrected chi connectivity index (χ2v) is 6.55. The van der Waals surface area contributed by atoms with E-state index < -0.39 is 15.6 Å². The molecule has 1 aliphatic heterocycles. The average Bonchev–Trinajstić information content (AvgIpc) is 2.88. The van der Waals surface area contributed by atoms with Gasteiger partial charge in [0.1, 0.15) is 0 Å². The number of hydrogen-bond acceptors (Lipinski definition) is 4. The van der Waals surface area contributed by atoms with Crippen molar-refractivity contribution in [2.24, 2.45) is 5.14 Å². The van der Waals surface area contributed by atoms with Crippen LogP contribution in [0.4, 0.5) is 5.69 Å². The van der Waals surface area contributed by atoms with Gasteiger partial charge in [0, 0.05) is 5.69 Å². The van der Waals surface area contributed by atoms with E-state index in [0.717, 1.165) is 19.4 Å². The summed E-state index contributed by atoms with van der Waals surface area (Å²) in [5.41, 5.74) is -0.125. The third-order valence-electron chi connectivity index (χ3n) is 3.70. The van der Waals surface area contributed by atoms with Crippen LogP contribution in [-0.2, 0) is 14.8 Å². The zero-order valence-corrected chi connectivity index (χ0v) is 13.4. The summed E-state index contributed by atoms with van der Waals surface area (Å²) in [5.74, 6) is -0.135. The van der Waals surface area contributed by atoms with Gasteiger partial charge in [-0.1, -0.05) is 13.0 Å². The highest BCUT2D eigenvalue weighted by atomic mass is 35.5. The number of carbonyl (C=O) groups is 1. The summed E-state index contributed by atoms with van der Waals surface area (Å²) in [5, 5.41) is 11.1. The summed E-state index contributed by atoms with van der Waals surface area (Å²) in [4.78, 5) is 12.4. The minimum absolute atomic E-state index is 0. The van der Waals surface area contributed by atoms with E-state index in [9.17, 15) is 13.2 Å². The quantitative estimate of drug-likeness (QED) is 0.771. The highest BCUT2D eigenvalue weighted by Crippen LogP contribution is 2.25. The molecule has 2 rings (SSSR count). The topological polar surface area (TPSA) is 101 Å². The van der Waals surface area contributed by atoms with Crippen LogP contribution in [0.15, 0.2) is 29.2 Å². The van der Waals surface area contributed by atoms with Crippen LogP contribution in [0.5, 0.6) is 0 Å². The number of benzene rings is 1. The molecular weight excluding hydrogens is 314 g/mol. The van der Waals surface area contributed by atoms with E-state index in [1.165, 1.54) is 12.1 Å². The highest BCUT2D eigenvalue weighted by molar-refractivity contribution is 7.89. The number of nitrogens with one attached hydrogen (secondary N) is 2. The summed E-state index contributed by atoms with van der Waals surface area (Å²) in [6, 6.07) is 5.96. The van der Waals surface area contributed by atoms with Gasteiger partial charge in [0.05, 0.1) is 10.4 Å². The van der Waals surface area contributed by atoms with Gasteiger partial charge in [-0.25, -0.2) is 13.6 Å². The summed E-state index contributed by atoms with van der Waals surface area (Å²) in [6.45, 7) is 2.77. The Hall–Kier alpha value is -1.15. The van der Waals surface area contributed by atoms with Crippen LogP contribution in [0, 0.1) is 0 Å². The Morgan fingerprint density at radius 1 is 1.48 bits per heavy atom. The molecule has 8 heteroatoms. The summed E-state index contributed by atoms with van der Waals surface area (Å²) in [6.07, 6.45) is 2.43. The molecule has 1 aromatic rings. The third-order valence-corrected chi connectivity index (χ3v) is 4.61. The number of sulfonamides is 1. The van der Waals surface area contributed by atoms with Crippen LogP contribution in [0.3, 0.4) is 0 Å². The molecule has 0 aliphatic carbocycles. The lowest BCUT2D eigenvalue weighted by Gasteiger charge is -2.26. The molecule has 1 fully saturated rings. The van der Waals surface area contributed by atoms with Crippen LogP contribution in [-0.4, -0.2) is 26.4 Å². The van der Waals surface area contributed by atoms with Gasteiger partial charge < -0.3 is 10.6 Å². The molecule has 1 aromatic carbocycles. The molecule has 1 amide bonds. The minimum Gasteiger partial charge on any atom is -0.324 e. The molecule has 0 spiro atoms. The Bertz CT molecular complexity index is 613. The maximum absolute atomic E-state index is 12.4. The van der Waals surface area contributed by atoms with Crippen molar-refractivity contribution in [3.05, 3.63) is 24.3 Å². The van der Waals surface area contributed by atoms with Crippen LogP contribution in [0.25, 0.3) is 0 Å². The summed E-state index contributed by atoms with van der Waals surface area (Å²) < 4.78 is 22.6. The first kappa shape index (κ1) is 17.9. The largest absolute Gasteiger partial charge is 0.324 e. The Balaban J connectivity index is 0.00000220. The van der Waals surface area contributed by atoms with Crippen molar-refractivity contribution < 1.29 is 13.2 Å². The van der Waals surface area contributed by atoms with Gasteiger partial charge in [0.15, 0.2) is 0 Å². The van der Waals surface area contributed by atoms with Gasteiger partial charge in [0.25, 0.3) is 0 Å². The van der Waals surface area contributed by atoms with Crippen LogP contribution >= 0.6 is 12.4 Å². The first-order valence-corrected chi connectivity index (χ1v) is 8.11. The molecule has 21 heavy (non-hydrogen) atoms. The Morgan fingerprint density at radius 2 is 2.19 bits per heavy atom. The molecule has 6 nitrogen and oxygen atoms in total. The fraction of sp³-hybridized carbons (Fsp3) is 0.462. The lowest BCUT2D eigenvalue weighted by atomic mass is 9.93. The van der Waals surface area contributed by atoms with Crippen molar-refractivity contribution in [3.63, 3.8) is 0 Å². The Morgan fingerprint density at radius 3 is 2.71 bits per heavy atom. The van der Waals surface area contributed by atoms with Gasteiger partial charge in [-0.15, -0.1) is 12.4 Å². The molecule has 1 atom stereocenters. The number of primary sulfonamides is 1. The van der Waals surface area contributed by atoms with Gasteiger partial charge >= 0.3 is 0 Å². The molecular formula is C13H20ClN3O3S. The maximum Gasteiger partial charge on any atom is 0.244 e. The number of rotatable bonds is 4. The van der Waals surface area contributed by atoms with Gasteiger partial charge in [0.2, 0.25) is 15.9 Å². The lowest BCUT2D eigenvalue weighted by Crippen LogP contribution is -2.50. The lowest BCUT2D eigenvalue weighted by molar-refractivity contribution is -0.122. The first-order valence-electron chi connectivity index (χ1n) is 6.57. The summed E-state index contributed by atoms with van der Waals surface area (Å²) >= 11 is 0. The first-order chi connectivity index (χ1) is 9.37. The number of hydrogen-bond donors (Lipinski definition) is 3. The molecule has 118 valence electrons. The van der Waals surface area contributed by atoms with Crippen molar-refractivity contribution in [3.8, 4) is 0 Å². The fourth-order valence-electron chi connectivity index (χ4n) is 2.46. The number of carbonyl (C=O) groups excluding carboxylic acids is 1. The predicted molar refractivity (Wildman–Crippen MR) is 84.0 cm³/mol. The predicted octanol–water partition coefficient (Wildman–Crippen LogP) is 1.23. The molecule has 0 aromatic heterocycles. The SMILES string of the molecule is CCC1(C(=O)Nc2cccc(S(N)(=O)=O)c2)CCCN1.Cl. The van der Waals surface area contributed by atoms with E-state index in [4.69, 9.17) is 5.14 Å². The number of halogens is 1. The minimum atomic E-state index is -3.77. The monoisotopic (exact) mass is 333 g/mol. The van der Waals surface area contributed by atoms with Crippen molar-refractivity contribution >= 4 is 34.0 Å². The third kappa shape index (κ3) is 3.94. The van der Waals surface area contributed by atoms with E-state index in [-0.39, 0.29) is 23.2 Å². The second kappa shape index (κ2) is 6.74. The maximum atomic E-state index is 12.4. The van der Waals surface area contributed by atoms with Crippen molar-refractivity contribution in [2.75, 3.05) is 11.9 Å². The standard InChI is InChI=1S/C13H19N3O3S.ClH/c1-2-13(7-4-8-15-13)12(17)16-10-5-3-6-11(9-10)20(14,18)19;/h3,5-6,9,15H,2,4,7-8H2,1H3,(H,16,17)(H2,14,18,19);1H. The number of nitrogens with two attached hydrogens (primary N) is 1. The molecule has 1 aliphatic rings. The van der Waals surface area contributed by atoms with Crippen molar-refractivity contribution in [1.29, 1.82) is 0 Å². The van der Waals surface area contributed by atoms with E-state index in [1.807, 2.05) is 6.92 Å². The molecule has 1 saturated heterocycles. The second-order valence-electron chi connectivity index (χ2n) is 4.99. The molecule has 0 radical (unpaired) electrons. The smallest absolute Gasteiger partial charge is 0.244 e. The van der Waals surface area contributed by atoms with E-state index >= 15 is 0 Å². The van der Waals surface area contributed by atoms with Crippen LogP contribution in [0.2, 0.25) is 0 Å². The zero-order valence-electron chi connectivity index (χ0n) is 11.8. The molecule has 4 N–H and O–H groups in total. The normalized spacial score (nSPS) is 21.6. The van der Waals surface area contributed by atoms with Gasteiger partial charge in [-0.05, 0) is 44.0 Å². The van der Waals surface area contributed by atoms with Gasteiger partial charge in [-0.3, -0.25) is 4.79 Å². The molecule has 0 bridgehead atoms. The number of amides is 1. The molecule has 1 heterocycles. The highest BCUT2D eigenvalue weighted by Gasteiger charge is 2.39. The van der Waals surface area contributed by atoms with E-state index in [2.05, 4.69) is 10.6 Å². The van der Waals surface area contributed by atoms with Crippen LogP contribution in [0.1, 0.15) is 26.2 Å². The van der Waals surface area contributed by atoms with Crippen molar-refractivity contribution in [1.82, 2.24) is 5.32 Å². The zero-order chi connectivity index (χ0) is 14.8. The number of anilines is 1. The Labute approximate surface area is 130 Å². The fourth-order valence-corrected chi connectivity index (χ4v) is 3.02. The molecule has 0 saturated carbocycles. The Kier molecular flexibility index (Phi) is 5.75. The van der Waals surface area contributed by atoms with E-state index in [1.54, 1.807) is 12.1 Å².